The monoisotopic (exact) mass is 350 g/mol. The molecule has 2 N–H and O–H groups in total. The fourth-order valence-corrected chi connectivity index (χ4v) is 2.49. The summed E-state index contributed by atoms with van der Waals surface area (Å²) in [6.07, 6.45) is 0. The summed E-state index contributed by atoms with van der Waals surface area (Å²) < 4.78 is 48.5. The predicted octanol–water partition coefficient (Wildman–Crippen LogP) is 3.06. The largest absolute Gasteiger partial charge is 0.491 e. The first-order chi connectivity index (χ1) is 12.0. The minimum absolute atomic E-state index is 0.0587. The van der Waals surface area contributed by atoms with Crippen LogP contribution in [0, 0.1) is 17.5 Å². The summed E-state index contributed by atoms with van der Waals surface area (Å²) in [4.78, 5) is 4.00. The van der Waals surface area contributed by atoms with Crippen molar-refractivity contribution in [1.29, 1.82) is 0 Å². The van der Waals surface area contributed by atoms with Crippen molar-refractivity contribution in [3.05, 3.63) is 53.3 Å². The van der Waals surface area contributed by atoms with E-state index in [1.165, 1.54) is 7.05 Å². The van der Waals surface area contributed by atoms with Gasteiger partial charge in [-0.1, -0.05) is 30.3 Å². The van der Waals surface area contributed by atoms with E-state index in [0.29, 0.717) is 5.56 Å². The summed E-state index contributed by atoms with van der Waals surface area (Å²) in [6.45, 7) is 0. The van der Waals surface area contributed by atoms with Gasteiger partial charge < -0.3 is 4.74 Å². The van der Waals surface area contributed by atoms with Crippen LogP contribution in [0.2, 0.25) is 0 Å². The first kappa shape index (κ1) is 16.8. The predicted molar refractivity (Wildman–Crippen MR) is 84.7 cm³/mol. The highest BCUT2D eigenvalue weighted by molar-refractivity contribution is 6.02. The summed E-state index contributed by atoms with van der Waals surface area (Å²) in [6, 6.07) is 8.42. The SMILES string of the molecule is COc1c(F)c(F)c2c(N=C(NO)c3ccccc3)nn(C)c2c1F. The molecular formula is C16H13F3N4O2. The number of fused-ring (bicyclic) bond motifs is 1. The zero-order valence-electron chi connectivity index (χ0n) is 13.2. The second-order valence-corrected chi connectivity index (χ2v) is 5.08. The lowest BCUT2D eigenvalue weighted by Crippen LogP contribution is -2.19. The average Bonchev–Trinajstić information content (AvgIpc) is 2.95. The Hall–Kier alpha value is -3.07. The molecule has 2 aromatic carbocycles. The molecular weight excluding hydrogens is 337 g/mol. The van der Waals surface area contributed by atoms with Crippen LogP contribution in [-0.4, -0.2) is 27.9 Å². The van der Waals surface area contributed by atoms with Crippen molar-refractivity contribution in [2.24, 2.45) is 12.0 Å². The number of amidine groups is 1. The van der Waals surface area contributed by atoms with Gasteiger partial charge in [-0.15, -0.1) is 0 Å². The van der Waals surface area contributed by atoms with Gasteiger partial charge in [0.15, 0.2) is 29.0 Å². The molecule has 1 heterocycles. The number of nitrogens with zero attached hydrogens (tertiary/aromatic N) is 3. The normalized spacial score (nSPS) is 11.8. The first-order valence-electron chi connectivity index (χ1n) is 7.11. The molecule has 0 unspecified atom stereocenters. The van der Waals surface area contributed by atoms with E-state index in [2.05, 4.69) is 14.8 Å². The maximum atomic E-state index is 14.4. The highest BCUT2D eigenvalue weighted by Gasteiger charge is 2.27. The van der Waals surface area contributed by atoms with Gasteiger partial charge in [-0.3, -0.25) is 15.4 Å². The molecule has 0 aliphatic carbocycles. The van der Waals surface area contributed by atoms with Crippen molar-refractivity contribution in [3.8, 4) is 5.75 Å². The molecule has 0 bridgehead atoms. The van der Waals surface area contributed by atoms with Crippen LogP contribution in [0.3, 0.4) is 0 Å². The number of halogens is 3. The molecule has 3 aromatic rings. The molecule has 0 aliphatic rings. The second kappa shape index (κ2) is 6.44. The van der Waals surface area contributed by atoms with Crippen LogP contribution < -0.4 is 10.2 Å². The van der Waals surface area contributed by atoms with Crippen LogP contribution in [0.25, 0.3) is 10.9 Å². The van der Waals surface area contributed by atoms with E-state index in [4.69, 9.17) is 0 Å². The molecule has 0 aliphatic heterocycles. The molecule has 0 saturated heterocycles. The molecule has 6 nitrogen and oxygen atoms in total. The van der Waals surface area contributed by atoms with Crippen molar-refractivity contribution in [1.82, 2.24) is 15.3 Å². The zero-order valence-corrected chi connectivity index (χ0v) is 13.2. The molecule has 0 amide bonds. The number of aromatic nitrogens is 2. The number of aryl methyl sites for hydroxylation is 1. The van der Waals surface area contributed by atoms with Crippen molar-refractivity contribution in [3.63, 3.8) is 0 Å². The molecule has 25 heavy (non-hydrogen) atoms. The van der Waals surface area contributed by atoms with E-state index in [1.807, 2.05) is 5.48 Å². The van der Waals surface area contributed by atoms with Gasteiger partial charge in [-0.2, -0.15) is 9.49 Å². The maximum absolute atomic E-state index is 14.4. The molecule has 130 valence electrons. The number of ether oxygens (including phenoxy) is 1. The molecule has 0 atom stereocenters. The van der Waals surface area contributed by atoms with E-state index >= 15 is 0 Å². The molecule has 1 aromatic heterocycles. The van der Waals surface area contributed by atoms with Gasteiger partial charge in [-0.25, -0.2) is 13.8 Å². The third-order valence-corrected chi connectivity index (χ3v) is 3.62. The fraction of sp³-hybridized carbons (Fsp3) is 0.125. The van der Waals surface area contributed by atoms with E-state index in [-0.39, 0.29) is 17.2 Å². The molecule has 9 heteroatoms. The van der Waals surface area contributed by atoms with Crippen molar-refractivity contribution in [2.45, 2.75) is 0 Å². The zero-order chi connectivity index (χ0) is 18.1. The third-order valence-electron chi connectivity index (χ3n) is 3.62. The van der Waals surface area contributed by atoms with Gasteiger partial charge in [-0.05, 0) is 0 Å². The van der Waals surface area contributed by atoms with Crippen molar-refractivity contribution >= 4 is 22.6 Å². The average molecular weight is 350 g/mol. The minimum Gasteiger partial charge on any atom is -0.491 e. The smallest absolute Gasteiger partial charge is 0.204 e. The molecule has 3 rings (SSSR count). The maximum Gasteiger partial charge on any atom is 0.204 e. The third kappa shape index (κ3) is 2.68. The van der Waals surface area contributed by atoms with E-state index in [1.54, 1.807) is 30.3 Å². The van der Waals surface area contributed by atoms with Gasteiger partial charge in [0.25, 0.3) is 0 Å². The van der Waals surface area contributed by atoms with Crippen LogP contribution in [0.5, 0.6) is 5.75 Å². The van der Waals surface area contributed by atoms with Crippen molar-refractivity contribution in [2.75, 3.05) is 7.11 Å². The molecule has 0 saturated carbocycles. The van der Waals surface area contributed by atoms with Gasteiger partial charge in [0.05, 0.1) is 12.5 Å². The Labute approximate surface area is 140 Å². The summed E-state index contributed by atoms with van der Waals surface area (Å²) in [7, 11) is 2.39. The highest BCUT2D eigenvalue weighted by atomic mass is 19.2. The Morgan fingerprint density at radius 1 is 1.16 bits per heavy atom. The van der Waals surface area contributed by atoms with Crippen molar-refractivity contribution < 1.29 is 23.1 Å². The van der Waals surface area contributed by atoms with Gasteiger partial charge in [0, 0.05) is 12.6 Å². The summed E-state index contributed by atoms with van der Waals surface area (Å²) in [5.41, 5.74) is 2.04. The Balaban J connectivity index is 2.30. The lowest BCUT2D eigenvalue weighted by molar-refractivity contribution is 0.235. The summed E-state index contributed by atoms with van der Waals surface area (Å²) in [5, 5.41) is 12.8. The Morgan fingerprint density at radius 2 is 1.84 bits per heavy atom. The lowest BCUT2D eigenvalue weighted by Gasteiger charge is -2.07. The van der Waals surface area contributed by atoms with Gasteiger partial charge in [0.2, 0.25) is 5.82 Å². The topological polar surface area (TPSA) is 71.7 Å². The number of hydroxylamine groups is 1. The van der Waals surface area contributed by atoms with Crippen LogP contribution in [0.4, 0.5) is 19.0 Å². The fourth-order valence-electron chi connectivity index (χ4n) is 2.49. The Morgan fingerprint density at radius 3 is 2.44 bits per heavy atom. The van der Waals surface area contributed by atoms with E-state index in [9.17, 15) is 18.4 Å². The quantitative estimate of drug-likeness (QED) is 0.330. The highest BCUT2D eigenvalue weighted by Crippen LogP contribution is 2.37. The first-order valence-corrected chi connectivity index (χ1v) is 7.11. The van der Waals surface area contributed by atoms with E-state index in [0.717, 1.165) is 11.8 Å². The number of hydrogen-bond acceptors (Lipinski definition) is 4. The Bertz CT molecular complexity index is 971. The minimum atomic E-state index is -1.48. The second-order valence-electron chi connectivity index (χ2n) is 5.08. The lowest BCUT2D eigenvalue weighted by atomic mass is 10.2. The number of benzene rings is 2. The molecule has 0 spiro atoms. The van der Waals surface area contributed by atoms with Gasteiger partial charge in [0.1, 0.15) is 5.52 Å². The molecule has 0 radical (unpaired) electrons. The molecule has 0 fully saturated rings. The van der Waals surface area contributed by atoms with Crippen LogP contribution in [0.15, 0.2) is 35.3 Å². The van der Waals surface area contributed by atoms with Gasteiger partial charge >= 0.3 is 0 Å². The number of nitrogens with one attached hydrogen (secondary N) is 1. The summed E-state index contributed by atoms with van der Waals surface area (Å²) in [5.74, 6) is -5.11. The van der Waals surface area contributed by atoms with E-state index < -0.39 is 28.6 Å². The van der Waals surface area contributed by atoms with Crippen LogP contribution >= 0.6 is 0 Å². The summed E-state index contributed by atoms with van der Waals surface area (Å²) >= 11 is 0. The van der Waals surface area contributed by atoms with Crippen LogP contribution in [-0.2, 0) is 7.05 Å². The number of aliphatic imine (C=N–C) groups is 1. The number of methoxy groups -OCH3 is 1. The number of hydrogen-bond donors (Lipinski definition) is 2. The standard InChI is InChI=1S/C16H13F3N4O2/c1-23-13-9(10(17)11(18)14(25-2)12(13)19)16(21-23)20-15(22-24)8-6-4-3-5-7-8/h3-7,24H,1-2H3,(H,20,21,22). The van der Waals surface area contributed by atoms with Crippen LogP contribution in [0.1, 0.15) is 5.56 Å². The Kier molecular flexibility index (Phi) is 4.32. The number of rotatable bonds is 3.